The predicted molar refractivity (Wildman–Crippen MR) is 88.5 cm³/mol. The number of aromatic nitrogens is 2. The van der Waals surface area contributed by atoms with Crippen molar-refractivity contribution >= 4 is 29.1 Å². The monoisotopic (exact) mass is 346 g/mol. The third kappa shape index (κ3) is 4.00. The number of thiophene rings is 1. The Balaban J connectivity index is 1.75. The topological polar surface area (TPSA) is 65.2 Å². The summed E-state index contributed by atoms with van der Waals surface area (Å²) < 4.78 is 10.5. The van der Waals surface area contributed by atoms with Crippen molar-refractivity contribution in [3.63, 3.8) is 0 Å². The fraction of sp³-hybridized carbons (Fsp3) is 0.188. The molecule has 0 bridgehead atoms. The van der Waals surface area contributed by atoms with Gasteiger partial charge in [0.25, 0.3) is 5.22 Å². The van der Waals surface area contributed by atoms with Crippen molar-refractivity contribution in [2.45, 2.75) is 16.9 Å². The number of thioether (sulfide) groups is 1. The summed E-state index contributed by atoms with van der Waals surface area (Å²) in [6.07, 6.45) is 0.597. The second kappa shape index (κ2) is 7.43. The van der Waals surface area contributed by atoms with Gasteiger partial charge in [-0.15, -0.1) is 21.5 Å². The molecule has 0 saturated heterocycles. The third-order valence-corrected chi connectivity index (χ3v) is 5.03. The molecule has 0 radical (unpaired) electrons. The predicted octanol–water partition coefficient (Wildman–Crippen LogP) is 3.73. The van der Waals surface area contributed by atoms with Crippen molar-refractivity contribution < 1.29 is 13.9 Å². The van der Waals surface area contributed by atoms with Crippen molar-refractivity contribution in [3.05, 3.63) is 64.2 Å². The van der Waals surface area contributed by atoms with Crippen molar-refractivity contribution in [1.82, 2.24) is 10.2 Å². The van der Waals surface area contributed by atoms with Gasteiger partial charge in [-0.25, -0.2) is 0 Å². The molecule has 0 aliphatic carbocycles. The molecule has 3 aromatic rings. The molecular weight excluding hydrogens is 332 g/mol. The molecule has 0 aliphatic rings. The van der Waals surface area contributed by atoms with Gasteiger partial charge in [-0.05, 0) is 28.8 Å². The quantitative estimate of drug-likeness (QED) is 0.500. The van der Waals surface area contributed by atoms with E-state index in [4.69, 9.17) is 9.15 Å². The summed E-state index contributed by atoms with van der Waals surface area (Å²) in [6, 6.07) is 13.4. The van der Waals surface area contributed by atoms with E-state index in [1.54, 1.807) is 11.3 Å². The van der Waals surface area contributed by atoms with Gasteiger partial charge in [0, 0.05) is 4.88 Å². The minimum Gasteiger partial charge on any atom is -0.468 e. The van der Waals surface area contributed by atoms with Gasteiger partial charge in [0.15, 0.2) is 0 Å². The van der Waals surface area contributed by atoms with Crippen LogP contribution in [-0.2, 0) is 16.0 Å². The van der Waals surface area contributed by atoms with Crippen LogP contribution in [0.5, 0.6) is 0 Å². The van der Waals surface area contributed by atoms with Gasteiger partial charge in [0.05, 0.1) is 13.5 Å². The number of carbonyl (C=O) groups is 1. The number of esters is 1. The van der Waals surface area contributed by atoms with E-state index in [1.807, 2.05) is 47.8 Å². The lowest BCUT2D eigenvalue weighted by molar-refractivity contribution is -0.140. The lowest BCUT2D eigenvalue weighted by Crippen LogP contribution is -2.11. The first-order chi connectivity index (χ1) is 11.3. The summed E-state index contributed by atoms with van der Waals surface area (Å²) in [6.45, 7) is 0. The van der Waals surface area contributed by atoms with Gasteiger partial charge in [0.2, 0.25) is 5.89 Å². The van der Waals surface area contributed by atoms with E-state index >= 15 is 0 Å². The maximum Gasteiger partial charge on any atom is 0.323 e. The van der Waals surface area contributed by atoms with E-state index in [0.717, 1.165) is 10.4 Å². The molecular formula is C16H14N2O3S2. The zero-order valence-corrected chi connectivity index (χ0v) is 14.0. The number of hydrogen-bond acceptors (Lipinski definition) is 7. The first-order valence-corrected chi connectivity index (χ1v) is 8.66. The molecule has 1 unspecified atom stereocenters. The van der Waals surface area contributed by atoms with Gasteiger partial charge in [0.1, 0.15) is 5.25 Å². The summed E-state index contributed by atoms with van der Waals surface area (Å²) in [5, 5.41) is 9.89. The molecule has 7 heteroatoms. The van der Waals surface area contributed by atoms with Gasteiger partial charge >= 0.3 is 5.97 Å². The standard InChI is InChI=1S/C16H14N2O3S2/c1-20-15(19)14(11-6-3-2-4-7-11)23-16-18-17-13(21-16)10-12-8-5-9-22-12/h2-9,14H,10H2,1H3. The minimum atomic E-state index is -0.531. The fourth-order valence-corrected chi connectivity index (χ4v) is 3.62. The molecule has 0 saturated carbocycles. The average molecular weight is 346 g/mol. The van der Waals surface area contributed by atoms with Crippen LogP contribution in [0.15, 0.2) is 57.5 Å². The van der Waals surface area contributed by atoms with Crippen LogP contribution in [0.25, 0.3) is 0 Å². The summed E-state index contributed by atoms with van der Waals surface area (Å²) in [5.41, 5.74) is 0.836. The molecule has 1 aromatic carbocycles. The molecule has 2 heterocycles. The minimum absolute atomic E-state index is 0.348. The zero-order valence-electron chi connectivity index (χ0n) is 12.3. The number of methoxy groups -OCH3 is 1. The lowest BCUT2D eigenvalue weighted by atomic mass is 10.1. The van der Waals surface area contributed by atoms with E-state index in [-0.39, 0.29) is 5.97 Å². The van der Waals surface area contributed by atoms with E-state index in [1.165, 1.54) is 18.9 Å². The number of hydrogen-bond donors (Lipinski definition) is 0. The molecule has 23 heavy (non-hydrogen) atoms. The highest BCUT2D eigenvalue weighted by molar-refractivity contribution is 8.00. The molecule has 1 atom stereocenters. The van der Waals surface area contributed by atoms with Gasteiger partial charge in [-0.2, -0.15) is 0 Å². The zero-order chi connectivity index (χ0) is 16.1. The smallest absolute Gasteiger partial charge is 0.323 e. The number of nitrogens with zero attached hydrogens (tertiary/aromatic N) is 2. The van der Waals surface area contributed by atoms with Gasteiger partial charge < -0.3 is 9.15 Å². The van der Waals surface area contributed by atoms with Crippen LogP contribution in [0.4, 0.5) is 0 Å². The second-order valence-corrected chi connectivity index (χ2v) is 6.74. The summed E-state index contributed by atoms with van der Waals surface area (Å²) >= 11 is 2.83. The van der Waals surface area contributed by atoms with Crippen LogP contribution in [0.1, 0.15) is 21.6 Å². The van der Waals surface area contributed by atoms with Crippen molar-refractivity contribution in [1.29, 1.82) is 0 Å². The Bertz CT molecular complexity index is 757. The van der Waals surface area contributed by atoms with Crippen LogP contribution in [0, 0.1) is 0 Å². The normalized spacial score (nSPS) is 12.0. The van der Waals surface area contributed by atoms with E-state index < -0.39 is 5.25 Å². The Hall–Kier alpha value is -2.12. The summed E-state index contributed by atoms with van der Waals surface area (Å²) in [5.74, 6) is 0.186. The van der Waals surface area contributed by atoms with Crippen molar-refractivity contribution in [3.8, 4) is 0 Å². The van der Waals surface area contributed by atoms with Crippen LogP contribution in [-0.4, -0.2) is 23.3 Å². The van der Waals surface area contributed by atoms with Crippen LogP contribution in [0.3, 0.4) is 0 Å². The highest BCUT2D eigenvalue weighted by atomic mass is 32.2. The molecule has 5 nitrogen and oxygen atoms in total. The lowest BCUT2D eigenvalue weighted by Gasteiger charge is -2.11. The van der Waals surface area contributed by atoms with E-state index in [9.17, 15) is 4.79 Å². The highest BCUT2D eigenvalue weighted by Gasteiger charge is 2.25. The average Bonchev–Trinajstić information content (AvgIpc) is 3.25. The number of carbonyl (C=O) groups excluding carboxylic acids is 1. The van der Waals surface area contributed by atoms with Crippen LogP contribution in [0.2, 0.25) is 0 Å². The van der Waals surface area contributed by atoms with Crippen molar-refractivity contribution in [2.75, 3.05) is 7.11 Å². The maximum absolute atomic E-state index is 12.0. The van der Waals surface area contributed by atoms with Gasteiger partial charge in [-0.3, -0.25) is 4.79 Å². The van der Waals surface area contributed by atoms with E-state index in [0.29, 0.717) is 17.5 Å². The Kier molecular flexibility index (Phi) is 5.09. The Morgan fingerprint density at radius 2 is 2.09 bits per heavy atom. The second-order valence-electron chi connectivity index (χ2n) is 4.65. The maximum atomic E-state index is 12.0. The molecule has 118 valence electrons. The largest absolute Gasteiger partial charge is 0.468 e. The SMILES string of the molecule is COC(=O)C(Sc1nnc(Cc2cccs2)o1)c1ccccc1. The third-order valence-electron chi connectivity index (χ3n) is 3.09. The van der Waals surface area contributed by atoms with E-state index in [2.05, 4.69) is 10.2 Å². The Morgan fingerprint density at radius 1 is 1.26 bits per heavy atom. The first kappa shape index (κ1) is 15.8. The summed E-state index contributed by atoms with van der Waals surface area (Å²) in [4.78, 5) is 13.2. The molecule has 0 aliphatic heterocycles. The highest BCUT2D eigenvalue weighted by Crippen LogP contribution is 2.35. The van der Waals surface area contributed by atoms with Crippen molar-refractivity contribution in [2.24, 2.45) is 0 Å². The Labute approximate surface area is 141 Å². The number of benzene rings is 1. The molecule has 0 spiro atoms. The number of ether oxygens (including phenoxy) is 1. The molecule has 0 N–H and O–H groups in total. The Morgan fingerprint density at radius 3 is 2.78 bits per heavy atom. The van der Waals surface area contributed by atoms with Crippen LogP contribution < -0.4 is 0 Å². The first-order valence-electron chi connectivity index (χ1n) is 6.90. The molecule has 0 amide bonds. The summed E-state index contributed by atoms with van der Waals surface area (Å²) in [7, 11) is 1.37. The molecule has 0 fully saturated rings. The molecule has 2 aromatic heterocycles. The molecule has 3 rings (SSSR count). The number of rotatable bonds is 6. The fourth-order valence-electron chi connectivity index (χ4n) is 2.01. The van der Waals surface area contributed by atoms with Gasteiger partial charge in [-0.1, -0.05) is 36.4 Å². The van der Waals surface area contributed by atoms with Crippen LogP contribution >= 0.6 is 23.1 Å².